The van der Waals surface area contributed by atoms with Gasteiger partial charge in [0.15, 0.2) is 5.78 Å². The highest BCUT2D eigenvalue weighted by Crippen LogP contribution is 2.61. The Kier molecular flexibility index (Phi) is 1.81. The molecule has 0 radical (unpaired) electrons. The first-order chi connectivity index (χ1) is 8.66. The van der Waals surface area contributed by atoms with Gasteiger partial charge in [-0.2, -0.15) is 0 Å². The van der Waals surface area contributed by atoms with Crippen molar-refractivity contribution in [3.8, 4) is 0 Å². The molecule has 4 heteroatoms. The van der Waals surface area contributed by atoms with Crippen LogP contribution in [0.4, 0.5) is 5.69 Å². The fraction of sp³-hybridized carbons (Fsp3) is 0.500. The number of carbonyl (C=O) groups excluding carboxylic acids is 1. The van der Waals surface area contributed by atoms with E-state index in [2.05, 4.69) is 0 Å². The summed E-state index contributed by atoms with van der Waals surface area (Å²) in [7, 11) is 0. The van der Waals surface area contributed by atoms with Gasteiger partial charge in [0.25, 0.3) is 5.69 Å². The molecule has 0 heterocycles. The summed E-state index contributed by atoms with van der Waals surface area (Å²) < 4.78 is 0. The number of Topliss-reactive ketones (excluding diaryl/α,β-unsaturated/α-hetero) is 1. The molecular weight excluding hydrogens is 230 g/mol. The number of fused-ring (bicyclic) bond motifs is 7. The molecule has 0 aromatic heterocycles. The summed E-state index contributed by atoms with van der Waals surface area (Å²) in [6.07, 6.45) is 3.56. The normalized spacial score (nSPS) is 35.7. The molecule has 0 N–H and O–H groups in total. The minimum Gasteiger partial charge on any atom is -0.294 e. The summed E-state index contributed by atoms with van der Waals surface area (Å²) in [4.78, 5) is 22.8. The monoisotopic (exact) mass is 243 g/mol. The lowest BCUT2D eigenvalue weighted by Gasteiger charge is -2.23. The van der Waals surface area contributed by atoms with Crippen molar-refractivity contribution in [1.29, 1.82) is 0 Å². The molecule has 4 rings (SSSR count). The fourth-order valence-electron chi connectivity index (χ4n) is 4.46. The van der Waals surface area contributed by atoms with Crippen molar-refractivity contribution in [2.45, 2.75) is 25.2 Å². The second kappa shape index (κ2) is 3.19. The molecule has 0 aliphatic heterocycles. The van der Waals surface area contributed by atoms with E-state index >= 15 is 0 Å². The Bertz CT molecular complexity index is 580. The topological polar surface area (TPSA) is 60.2 Å². The van der Waals surface area contributed by atoms with Crippen LogP contribution >= 0.6 is 0 Å². The third-order valence-corrected chi connectivity index (χ3v) is 5.09. The van der Waals surface area contributed by atoms with Crippen molar-refractivity contribution in [3.63, 3.8) is 0 Å². The summed E-state index contributed by atoms with van der Waals surface area (Å²) in [5, 5.41) is 10.8. The number of hydrogen-bond donors (Lipinski definition) is 0. The largest absolute Gasteiger partial charge is 0.294 e. The molecule has 92 valence electrons. The highest BCUT2D eigenvalue weighted by Gasteiger charge is 2.55. The molecule has 2 saturated carbocycles. The van der Waals surface area contributed by atoms with E-state index < -0.39 is 4.92 Å². The number of carbonyl (C=O) groups is 1. The van der Waals surface area contributed by atoms with E-state index in [1.807, 2.05) is 6.07 Å². The highest BCUT2D eigenvalue weighted by atomic mass is 16.6. The molecule has 4 nitrogen and oxygen atoms in total. The van der Waals surface area contributed by atoms with E-state index in [4.69, 9.17) is 0 Å². The van der Waals surface area contributed by atoms with Gasteiger partial charge >= 0.3 is 0 Å². The van der Waals surface area contributed by atoms with Crippen LogP contribution in [0.5, 0.6) is 0 Å². The lowest BCUT2D eigenvalue weighted by atomic mass is 9.79. The number of nitro groups is 1. The van der Waals surface area contributed by atoms with Gasteiger partial charge in [-0.3, -0.25) is 14.9 Å². The number of ketones is 1. The minimum atomic E-state index is -0.420. The van der Waals surface area contributed by atoms with Crippen LogP contribution in [0.3, 0.4) is 0 Å². The third-order valence-electron chi connectivity index (χ3n) is 5.09. The van der Waals surface area contributed by atoms with E-state index in [1.165, 1.54) is 18.9 Å². The number of nitrogens with zero attached hydrogens (tertiary/aromatic N) is 1. The summed E-state index contributed by atoms with van der Waals surface area (Å²) in [6.45, 7) is 0. The zero-order chi connectivity index (χ0) is 12.4. The van der Waals surface area contributed by atoms with Crippen molar-refractivity contribution < 1.29 is 9.72 Å². The Morgan fingerprint density at radius 2 is 1.89 bits per heavy atom. The van der Waals surface area contributed by atoms with Crippen molar-refractivity contribution in [1.82, 2.24) is 0 Å². The SMILES string of the molecule is O=C1c2cc([N+](=O)[O-])ccc2[C@@H]2[C@H]3CC[C@H](C3)[C@H]12. The van der Waals surface area contributed by atoms with E-state index in [1.54, 1.807) is 6.07 Å². The van der Waals surface area contributed by atoms with E-state index in [9.17, 15) is 14.9 Å². The summed E-state index contributed by atoms with van der Waals surface area (Å²) in [5.74, 6) is 1.80. The van der Waals surface area contributed by atoms with Crippen LogP contribution in [0.2, 0.25) is 0 Å². The van der Waals surface area contributed by atoms with E-state index in [0.717, 1.165) is 12.0 Å². The number of rotatable bonds is 1. The van der Waals surface area contributed by atoms with Gasteiger partial charge in [-0.05, 0) is 42.6 Å². The quantitative estimate of drug-likeness (QED) is 0.562. The molecule has 1 aromatic carbocycles. The predicted octanol–water partition coefficient (Wildman–Crippen LogP) is 2.92. The zero-order valence-electron chi connectivity index (χ0n) is 9.83. The Morgan fingerprint density at radius 1 is 1.17 bits per heavy atom. The molecule has 0 amide bonds. The second-order valence-electron chi connectivity index (χ2n) is 5.78. The molecule has 0 saturated heterocycles. The highest BCUT2D eigenvalue weighted by molar-refractivity contribution is 6.04. The van der Waals surface area contributed by atoms with Crippen LogP contribution in [0.1, 0.15) is 41.1 Å². The first kappa shape index (κ1) is 10.2. The Morgan fingerprint density at radius 3 is 2.61 bits per heavy atom. The number of benzene rings is 1. The molecular formula is C14H13NO3. The molecule has 0 unspecified atom stereocenters. The second-order valence-corrected chi connectivity index (χ2v) is 5.78. The first-order valence-electron chi connectivity index (χ1n) is 6.49. The van der Waals surface area contributed by atoms with Crippen molar-refractivity contribution >= 4 is 11.5 Å². The molecule has 1 aromatic rings. The molecule has 3 aliphatic rings. The van der Waals surface area contributed by atoms with Crippen LogP contribution in [-0.2, 0) is 0 Å². The number of non-ortho nitro benzene ring substituents is 1. The number of hydrogen-bond acceptors (Lipinski definition) is 3. The van der Waals surface area contributed by atoms with Gasteiger partial charge in [0.05, 0.1) is 4.92 Å². The fourth-order valence-corrected chi connectivity index (χ4v) is 4.46. The Labute approximate surface area is 104 Å². The van der Waals surface area contributed by atoms with Gasteiger partial charge in [0.1, 0.15) is 0 Å². The average molecular weight is 243 g/mol. The lowest BCUT2D eigenvalue weighted by Crippen LogP contribution is -2.20. The molecule has 4 atom stereocenters. The van der Waals surface area contributed by atoms with E-state index in [-0.39, 0.29) is 17.4 Å². The molecule has 3 aliphatic carbocycles. The molecule has 18 heavy (non-hydrogen) atoms. The van der Waals surface area contributed by atoms with Crippen LogP contribution < -0.4 is 0 Å². The van der Waals surface area contributed by atoms with E-state index in [0.29, 0.717) is 23.3 Å². The van der Waals surface area contributed by atoms with Gasteiger partial charge in [-0.25, -0.2) is 0 Å². The van der Waals surface area contributed by atoms with Crippen molar-refractivity contribution in [3.05, 3.63) is 39.4 Å². The standard InChI is InChI=1S/C14H13NO3/c16-14-11-6-9(15(17)18)3-4-10(11)12-7-1-2-8(5-7)13(12)14/h3-4,6-8,12-13H,1-2,5H2/t7-,8+,12-,13-/m0/s1. The van der Waals surface area contributed by atoms with Gasteiger partial charge in [0.2, 0.25) is 0 Å². The van der Waals surface area contributed by atoms with Crippen LogP contribution in [0.25, 0.3) is 0 Å². The van der Waals surface area contributed by atoms with Crippen molar-refractivity contribution in [2.24, 2.45) is 17.8 Å². The summed E-state index contributed by atoms with van der Waals surface area (Å²) >= 11 is 0. The third kappa shape index (κ3) is 1.08. The van der Waals surface area contributed by atoms with Gasteiger partial charge < -0.3 is 0 Å². The molecule has 2 bridgehead atoms. The Hall–Kier alpha value is -1.71. The van der Waals surface area contributed by atoms with Crippen molar-refractivity contribution in [2.75, 3.05) is 0 Å². The summed E-state index contributed by atoms with van der Waals surface area (Å²) in [5.41, 5.74) is 1.73. The number of nitro benzene ring substituents is 1. The maximum Gasteiger partial charge on any atom is 0.270 e. The lowest BCUT2D eigenvalue weighted by molar-refractivity contribution is -0.384. The molecule has 0 spiro atoms. The molecule has 2 fully saturated rings. The minimum absolute atomic E-state index is 0.0365. The van der Waals surface area contributed by atoms with Crippen LogP contribution in [-0.4, -0.2) is 10.7 Å². The first-order valence-corrected chi connectivity index (χ1v) is 6.49. The van der Waals surface area contributed by atoms with Crippen LogP contribution in [0.15, 0.2) is 18.2 Å². The predicted molar refractivity (Wildman–Crippen MR) is 64.5 cm³/mol. The maximum absolute atomic E-state index is 12.4. The zero-order valence-corrected chi connectivity index (χ0v) is 9.83. The van der Waals surface area contributed by atoms with Gasteiger partial charge in [0, 0.05) is 23.6 Å². The van der Waals surface area contributed by atoms with Gasteiger partial charge in [-0.1, -0.05) is 6.07 Å². The smallest absolute Gasteiger partial charge is 0.270 e. The maximum atomic E-state index is 12.4. The average Bonchev–Trinajstić information content (AvgIpc) is 3.02. The Balaban J connectivity index is 1.86. The van der Waals surface area contributed by atoms with Gasteiger partial charge in [-0.15, -0.1) is 0 Å². The van der Waals surface area contributed by atoms with Crippen LogP contribution in [0, 0.1) is 27.9 Å². The summed E-state index contributed by atoms with van der Waals surface area (Å²) in [6, 6.07) is 4.84.